The lowest BCUT2D eigenvalue weighted by molar-refractivity contribution is -0.151. The van der Waals surface area contributed by atoms with E-state index in [1.807, 2.05) is 44.2 Å². The van der Waals surface area contributed by atoms with Crippen molar-refractivity contribution in [3.05, 3.63) is 65.7 Å². The van der Waals surface area contributed by atoms with Crippen LogP contribution in [0.3, 0.4) is 0 Å². The molecule has 2 fully saturated rings. The van der Waals surface area contributed by atoms with Crippen LogP contribution in [-0.4, -0.2) is 65.9 Å². The van der Waals surface area contributed by atoms with E-state index in [0.29, 0.717) is 18.6 Å². The fraction of sp³-hybridized carbons (Fsp3) is 0.531. The average Bonchev–Trinajstić information content (AvgIpc) is 3.17. The minimum absolute atomic E-state index is 0.0905. The summed E-state index contributed by atoms with van der Waals surface area (Å²) < 4.78 is 6.63. The second-order valence-corrected chi connectivity index (χ2v) is 13.2. The molecule has 9 heteroatoms. The maximum Gasteiger partial charge on any atom is 0.247 e. The fourth-order valence-corrected chi connectivity index (χ4v) is 7.35. The fourth-order valence-electron chi connectivity index (χ4n) is 6.40. The highest BCUT2D eigenvalue weighted by molar-refractivity contribution is 7.99. The van der Waals surface area contributed by atoms with Gasteiger partial charge in [-0.3, -0.25) is 14.4 Å². The average molecular weight is 579 g/mol. The molecule has 2 aromatic rings. The number of hydrogen-bond donors (Lipinski definition) is 3. The van der Waals surface area contributed by atoms with Crippen LogP contribution in [0.1, 0.15) is 63.6 Å². The summed E-state index contributed by atoms with van der Waals surface area (Å²) in [7, 11) is 1.71. The Labute approximate surface area is 247 Å². The van der Waals surface area contributed by atoms with E-state index in [-0.39, 0.29) is 29.9 Å². The normalized spacial score (nSPS) is 27.8. The summed E-state index contributed by atoms with van der Waals surface area (Å²) in [5.74, 6) is -0.0428. The molecule has 2 aliphatic heterocycles. The highest BCUT2D eigenvalue weighted by atomic mass is 32.2. The van der Waals surface area contributed by atoms with E-state index >= 15 is 0 Å². The number of carbonyl (C=O) groups is 3. The van der Waals surface area contributed by atoms with Gasteiger partial charge < -0.3 is 25.6 Å². The minimum Gasteiger partial charge on any atom is -0.354 e. The van der Waals surface area contributed by atoms with Gasteiger partial charge in [-0.2, -0.15) is 0 Å². The summed E-state index contributed by atoms with van der Waals surface area (Å²) >= 11 is 1.67. The van der Waals surface area contributed by atoms with Crippen molar-refractivity contribution in [2.45, 2.75) is 94.3 Å². The third-order valence-corrected chi connectivity index (χ3v) is 9.83. The highest BCUT2D eigenvalue weighted by Gasteiger charge is 2.56. The third kappa shape index (κ3) is 6.47. The molecular weight excluding hydrogens is 536 g/mol. The van der Waals surface area contributed by atoms with Crippen molar-refractivity contribution in [2.24, 2.45) is 5.41 Å². The van der Waals surface area contributed by atoms with E-state index in [4.69, 9.17) is 4.74 Å². The zero-order valence-corrected chi connectivity index (χ0v) is 25.2. The number of benzene rings is 2. The molecule has 0 bridgehead atoms. The molecule has 3 N–H and O–H groups in total. The molecule has 2 aromatic carbocycles. The van der Waals surface area contributed by atoms with E-state index in [2.05, 4.69) is 40.2 Å². The first kappa shape index (κ1) is 29.6. The Morgan fingerprint density at radius 2 is 1.80 bits per heavy atom. The Kier molecular flexibility index (Phi) is 9.06. The number of nitrogens with one attached hydrogen (secondary N) is 3. The molecule has 3 amide bonds. The number of hydrogen-bond acceptors (Lipinski definition) is 6. The van der Waals surface area contributed by atoms with Gasteiger partial charge in [0.05, 0.1) is 18.2 Å². The van der Waals surface area contributed by atoms with Crippen molar-refractivity contribution in [3.63, 3.8) is 0 Å². The quantitative estimate of drug-likeness (QED) is 0.412. The lowest BCUT2D eigenvalue weighted by atomic mass is 9.82. The lowest BCUT2D eigenvalue weighted by Gasteiger charge is -2.35. The molecule has 2 unspecified atom stereocenters. The molecule has 41 heavy (non-hydrogen) atoms. The van der Waals surface area contributed by atoms with Crippen LogP contribution in [0.4, 0.5) is 0 Å². The molecule has 220 valence electrons. The smallest absolute Gasteiger partial charge is 0.247 e. The molecule has 0 radical (unpaired) electrons. The van der Waals surface area contributed by atoms with Gasteiger partial charge in [0.1, 0.15) is 18.3 Å². The number of carbonyl (C=O) groups excluding carboxylic acids is 3. The van der Waals surface area contributed by atoms with Crippen LogP contribution < -0.4 is 16.0 Å². The summed E-state index contributed by atoms with van der Waals surface area (Å²) in [5, 5.41) is 9.21. The van der Waals surface area contributed by atoms with Crippen molar-refractivity contribution in [1.82, 2.24) is 20.9 Å². The van der Waals surface area contributed by atoms with Crippen LogP contribution in [0, 0.1) is 5.41 Å². The van der Waals surface area contributed by atoms with Crippen molar-refractivity contribution in [3.8, 4) is 0 Å². The van der Waals surface area contributed by atoms with Gasteiger partial charge in [0.15, 0.2) is 0 Å². The van der Waals surface area contributed by atoms with Crippen LogP contribution >= 0.6 is 11.8 Å². The van der Waals surface area contributed by atoms with Gasteiger partial charge in [0, 0.05) is 23.5 Å². The molecule has 0 spiro atoms. The summed E-state index contributed by atoms with van der Waals surface area (Å²) in [6, 6.07) is 16.3. The van der Waals surface area contributed by atoms with Gasteiger partial charge in [-0.1, -0.05) is 56.3 Å². The highest BCUT2D eigenvalue weighted by Crippen LogP contribution is 2.44. The number of rotatable bonds is 8. The number of ether oxygens (including phenoxy) is 1. The summed E-state index contributed by atoms with van der Waals surface area (Å²) in [6.07, 6.45) is 2.93. The third-order valence-electron chi connectivity index (χ3n) is 8.69. The number of aryl methyl sites for hydroxylation is 1. The second kappa shape index (κ2) is 12.5. The first-order valence-electron chi connectivity index (χ1n) is 14.7. The summed E-state index contributed by atoms with van der Waals surface area (Å²) in [5.41, 5.74) is 1.91. The van der Waals surface area contributed by atoms with E-state index in [0.717, 1.165) is 29.7 Å². The van der Waals surface area contributed by atoms with Gasteiger partial charge >= 0.3 is 0 Å². The van der Waals surface area contributed by atoms with Crippen molar-refractivity contribution in [2.75, 3.05) is 12.8 Å². The monoisotopic (exact) mass is 578 g/mol. The Morgan fingerprint density at radius 3 is 2.56 bits per heavy atom. The van der Waals surface area contributed by atoms with Crippen LogP contribution in [0.25, 0.3) is 0 Å². The van der Waals surface area contributed by atoms with Crippen molar-refractivity contribution in [1.29, 1.82) is 0 Å². The second-order valence-electron chi connectivity index (χ2n) is 12.1. The maximum atomic E-state index is 14.2. The van der Waals surface area contributed by atoms with Gasteiger partial charge in [-0.05, 0) is 61.9 Å². The first-order valence-corrected chi connectivity index (χ1v) is 15.7. The zero-order valence-electron chi connectivity index (χ0n) is 24.4. The minimum atomic E-state index is -0.788. The van der Waals surface area contributed by atoms with Crippen LogP contribution in [0.5, 0.6) is 0 Å². The molecule has 8 nitrogen and oxygen atoms in total. The summed E-state index contributed by atoms with van der Waals surface area (Å²) in [4.78, 5) is 44.0. The predicted octanol–water partition coefficient (Wildman–Crippen LogP) is 3.81. The topological polar surface area (TPSA) is 99.8 Å². The molecule has 2 saturated heterocycles. The maximum absolute atomic E-state index is 14.2. The Balaban J connectivity index is 1.40. The van der Waals surface area contributed by atoms with Gasteiger partial charge in [0.25, 0.3) is 0 Å². The SMILES string of the molecule is CN[C@@H](C)C(=O)N[C@H]1CC(CSc2ccccc2)O[C@H]2CC(C)(C)C(C(=O)N[C@@H]3CCCc4ccccc43)N2C1=O. The van der Waals surface area contributed by atoms with E-state index in [9.17, 15) is 14.4 Å². The zero-order chi connectivity index (χ0) is 29.1. The number of fused-ring (bicyclic) bond motifs is 2. The number of likely N-dealkylation sites (N-methyl/N-ethyl adjacent to an activating group) is 1. The Bertz CT molecular complexity index is 1260. The van der Waals surface area contributed by atoms with Crippen LogP contribution in [0.2, 0.25) is 0 Å². The lowest BCUT2D eigenvalue weighted by Crippen LogP contribution is -2.58. The first-order chi connectivity index (χ1) is 19.7. The van der Waals surface area contributed by atoms with E-state index in [1.165, 1.54) is 5.56 Å². The van der Waals surface area contributed by atoms with Crippen molar-refractivity contribution < 1.29 is 19.1 Å². The summed E-state index contributed by atoms with van der Waals surface area (Å²) in [6.45, 7) is 5.82. The van der Waals surface area contributed by atoms with Crippen LogP contribution in [0.15, 0.2) is 59.5 Å². The number of amides is 3. The van der Waals surface area contributed by atoms with Crippen molar-refractivity contribution >= 4 is 29.5 Å². The molecule has 3 aliphatic rings. The molecule has 1 aliphatic carbocycles. The van der Waals surface area contributed by atoms with E-state index in [1.54, 1.807) is 30.6 Å². The molecular formula is C32H42N4O4S. The van der Waals surface area contributed by atoms with Gasteiger partial charge in [-0.25, -0.2) is 0 Å². The molecule has 6 atom stereocenters. The largest absolute Gasteiger partial charge is 0.354 e. The van der Waals surface area contributed by atoms with Gasteiger partial charge in [-0.15, -0.1) is 11.8 Å². The Hall–Kier alpha value is -2.88. The molecule has 0 aromatic heterocycles. The van der Waals surface area contributed by atoms with E-state index < -0.39 is 29.8 Å². The number of nitrogens with zero attached hydrogens (tertiary/aromatic N) is 1. The predicted molar refractivity (Wildman–Crippen MR) is 160 cm³/mol. The van der Waals surface area contributed by atoms with Crippen LogP contribution in [-0.2, 0) is 25.5 Å². The molecule has 5 rings (SSSR count). The van der Waals surface area contributed by atoms with Gasteiger partial charge in [0.2, 0.25) is 17.7 Å². The molecule has 2 heterocycles. The molecule has 0 saturated carbocycles. The Morgan fingerprint density at radius 1 is 1.07 bits per heavy atom. The number of thioether (sulfide) groups is 1. The standard InChI is InChI=1S/C32H42N4O4S/c1-20(33-4)29(37)35-26-17-22(19-41-23-13-6-5-7-14-23)40-27-18-32(2,3)28(36(27)31(26)39)30(38)34-25-16-10-12-21-11-8-9-15-24(21)25/h5-9,11,13-15,20,22,25-28,33H,10,12,16-19H2,1-4H3,(H,34,38)(H,35,37)/t20-,22?,25+,26-,27-,28?/m0/s1.